The van der Waals surface area contributed by atoms with E-state index in [0.29, 0.717) is 6.07 Å². The fraction of sp³-hybridized carbons (Fsp3) is 0.167. The number of H-pyrrole nitrogens is 1. The number of nitrogens with zero attached hydrogens (tertiary/aromatic N) is 1. The number of nitrogens with one attached hydrogen (secondary N) is 1. The fourth-order valence-corrected chi connectivity index (χ4v) is 1.57. The first kappa shape index (κ1) is 14.9. The summed E-state index contributed by atoms with van der Waals surface area (Å²) < 4.78 is 65.9. The summed E-state index contributed by atoms with van der Waals surface area (Å²) in [6, 6.07) is 5.39. The van der Waals surface area contributed by atoms with E-state index in [4.69, 9.17) is 0 Å². The third kappa shape index (κ3) is 3.56. The van der Waals surface area contributed by atoms with E-state index in [1.807, 2.05) is 0 Å². The molecular weight excluding hydrogens is 299 g/mol. The molecule has 0 aliphatic heterocycles. The molecule has 0 fully saturated rings. The summed E-state index contributed by atoms with van der Waals surface area (Å²) in [6.45, 7) is -3.00. The van der Waals surface area contributed by atoms with E-state index in [-0.39, 0.29) is 17.0 Å². The molecule has 2 rings (SSSR count). The monoisotopic (exact) mass is 306 g/mol. The summed E-state index contributed by atoms with van der Waals surface area (Å²) in [5, 5.41) is 5.23. The van der Waals surface area contributed by atoms with Gasteiger partial charge in [-0.2, -0.15) is 27.1 Å². The summed E-state index contributed by atoms with van der Waals surface area (Å²) >= 11 is 0. The molecule has 0 saturated heterocycles. The third-order valence-electron chi connectivity index (χ3n) is 2.48. The minimum atomic E-state index is -4.82. The Hall–Kier alpha value is -2.45. The molecule has 1 N–H and O–H groups in total. The van der Waals surface area contributed by atoms with Crippen molar-refractivity contribution in [1.82, 2.24) is 10.2 Å². The number of halogens is 5. The van der Waals surface area contributed by atoms with Crippen LogP contribution < -0.4 is 10.3 Å². The molecule has 0 bridgehead atoms. The van der Waals surface area contributed by atoms with Gasteiger partial charge >= 0.3 is 12.8 Å². The fourth-order valence-electron chi connectivity index (χ4n) is 1.57. The van der Waals surface area contributed by atoms with E-state index in [0.717, 1.165) is 12.1 Å². The maximum Gasteiger partial charge on any atom is 0.421 e. The molecule has 0 radical (unpaired) electrons. The number of rotatable bonds is 3. The zero-order chi connectivity index (χ0) is 15.6. The molecule has 0 amide bonds. The molecule has 1 heterocycles. The minimum Gasteiger partial charge on any atom is -0.435 e. The molecule has 1 aromatic carbocycles. The van der Waals surface area contributed by atoms with Gasteiger partial charge in [0.1, 0.15) is 11.3 Å². The van der Waals surface area contributed by atoms with Crippen molar-refractivity contribution in [1.29, 1.82) is 0 Å². The van der Waals surface area contributed by atoms with Crippen molar-refractivity contribution in [2.24, 2.45) is 0 Å². The van der Waals surface area contributed by atoms with Crippen LogP contribution in [0.4, 0.5) is 22.0 Å². The van der Waals surface area contributed by atoms with Gasteiger partial charge in [-0.25, -0.2) is 5.10 Å². The Morgan fingerprint density at radius 1 is 1.14 bits per heavy atom. The molecular formula is C12H7F5N2O2. The number of aromatic amines is 1. The van der Waals surface area contributed by atoms with Gasteiger partial charge < -0.3 is 4.74 Å². The maximum atomic E-state index is 12.6. The Morgan fingerprint density at radius 2 is 1.76 bits per heavy atom. The zero-order valence-corrected chi connectivity index (χ0v) is 10.1. The van der Waals surface area contributed by atoms with Crippen LogP contribution in [0, 0.1) is 0 Å². The van der Waals surface area contributed by atoms with Gasteiger partial charge in [-0.3, -0.25) is 4.79 Å². The van der Waals surface area contributed by atoms with Crippen LogP contribution in [-0.2, 0) is 6.18 Å². The number of aromatic nitrogens is 2. The SMILES string of the molecule is O=c1[nH]nc(-c2ccc(OC(F)F)cc2)cc1C(F)(F)F. The van der Waals surface area contributed by atoms with E-state index in [1.54, 1.807) is 5.10 Å². The van der Waals surface area contributed by atoms with E-state index in [9.17, 15) is 26.7 Å². The Balaban J connectivity index is 2.36. The smallest absolute Gasteiger partial charge is 0.421 e. The number of hydrogen-bond acceptors (Lipinski definition) is 3. The molecule has 4 nitrogen and oxygen atoms in total. The van der Waals surface area contributed by atoms with Gasteiger partial charge in [0, 0.05) is 5.56 Å². The number of benzene rings is 1. The highest BCUT2D eigenvalue weighted by molar-refractivity contribution is 5.60. The average Bonchev–Trinajstić information content (AvgIpc) is 2.38. The first-order valence-corrected chi connectivity index (χ1v) is 5.49. The quantitative estimate of drug-likeness (QED) is 0.887. The van der Waals surface area contributed by atoms with Crippen LogP contribution in [0.2, 0.25) is 0 Å². The zero-order valence-electron chi connectivity index (χ0n) is 10.1. The van der Waals surface area contributed by atoms with E-state index < -0.39 is 23.9 Å². The summed E-state index contributed by atoms with van der Waals surface area (Å²) in [6.07, 6.45) is -4.82. The van der Waals surface area contributed by atoms with Gasteiger partial charge in [0.05, 0.1) is 5.69 Å². The summed E-state index contributed by atoms with van der Waals surface area (Å²) in [4.78, 5) is 11.1. The normalized spacial score (nSPS) is 11.7. The summed E-state index contributed by atoms with van der Waals surface area (Å²) in [7, 11) is 0. The van der Waals surface area contributed by atoms with Crippen molar-refractivity contribution in [2.75, 3.05) is 0 Å². The Morgan fingerprint density at radius 3 is 2.29 bits per heavy atom. The predicted molar refractivity (Wildman–Crippen MR) is 61.9 cm³/mol. The number of ether oxygens (including phenoxy) is 1. The Labute approximate surface area is 114 Å². The van der Waals surface area contributed by atoms with E-state index >= 15 is 0 Å². The highest BCUT2D eigenvalue weighted by atomic mass is 19.4. The molecule has 0 saturated carbocycles. The molecule has 0 spiro atoms. The van der Waals surface area contributed by atoms with Crippen LogP contribution in [0.25, 0.3) is 11.3 Å². The van der Waals surface area contributed by atoms with Crippen LogP contribution >= 0.6 is 0 Å². The van der Waals surface area contributed by atoms with Crippen molar-refractivity contribution >= 4 is 0 Å². The lowest BCUT2D eigenvalue weighted by molar-refractivity contribution is -0.138. The highest BCUT2D eigenvalue weighted by Gasteiger charge is 2.34. The van der Waals surface area contributed by atoms with E-state index in [1.165, 1.54) is 12.1 Å². The van der Waals surface area contributed by atoms with Crippen LogP contribution in [0.15, 0.2) is 35.1 Å². The third-order valence-corrected chi connectivity index (χ3v) is 2.48. The van der Waals surface area contributed by atoms with Crippen LogP contribution in [0.1, 0.15) is 5.56 Å². The molecule has 9 heteroatoms. The van der Waals surface area contributed by atoms with Crippen molar-refractivity contribution in [3.05, 3.63) is 46.2 Å². The Bertz CT molecular complexity index is 679. The lowest BCUT2D eigenvalue weighted by Gasteiger charge is -2.08. The molecule has 2 aromatic rings. The summed E-state index contributed by atoms with van der Waals surface area (Å²) in [5.74, 6) is -0.144. The topological polar surface area (TPSA) is 55.0 Å². The highest BCUT2D eigenvalue weighted by Crippen LogP contribution is 2.29. The van der Waals surface area contributed by atoms with Crippen LogP contribution in [-0.4, -0.2) is 16.8 Å². The van der Waals surface area contributed by atoms with Crippen LogP contribution in [0.3, 0.4) is 0 Å². The second-order valence-electron chi connectivity index (χ2n) is 3.90. The molecule has 0 atom stereocenters. The first-order chi connectivity index (χ1) is 9.77. The first-order valence-electron chi connectivity index (χ1n) is 5.49. The molecule has 1 aromatic heterocycles. The van der Waals surface area contributed by atoms with Crippen LogP contribution in [0.5, 0.6) is 5.75 Å². The average molecular weight is 306 g/mol. The van der Waals surface area contributed by atoms with Crippen molar-refractivity contribution in [3.8, 4) is 17.0 Å². The molecule has 0 aliphatic rings. The number of alkyl halides is 5. The Kier molecular flexibility index (Phi) is 3.92. The molecule has 0 unspecified atom stereocenters. The lowest BCUT2D eigenvalue weighted by atomic mass is 10.1. The second-order valence-corrected chi connectivity index (χ2v) is 3.90. The van der Waals surface area contributed by atoms with Crippen molar-refractivity contribution in [3.63, 3.8) is 0 Å². The molecule has 21 heavy (non-hydrogen) atoms. The minimum absolute atomic E-state index is 0.144. The van der Waals surface area contributed by atoms with Gasteiger partial charge in [-0.15, -0.1) is 0 Å². The van der Waals surface area contributed by atoms with Gasteiger partial charge in [-0.05, 0) is 30.3 Å². The largest absolute Gasteiger partial charge is 0.435 e. The van der Waals surface area contributed by atoms with Crippen molar-refractivity contribution < 1.29 is 26.7 Å². The van der Waals surface area contributed by atoms with Gasteiger partial charge in [-0.1, -0.05) is 0 Å². The molecule has 0 aliphatic carbocycles. The second kappa shape index (κ2) is 5.51. The summed E-state index contributed by atoms with van der Waals surface area (Å²) in [5.41, 5.74) is -2.69. The van der Waals surface area contributed by atoms with E-state index in [2.05, 4.69) is 9.84 Å². The van der Waals surface area contributed by atoms with Gasteiger partial charge in [0.25, 0.3) is 5.56 Å². The van der Waals surface area contributed by atoms with Gasteiger partial charge in [0.2, 0.25) is 0 Å². The van der Waals surface area contributed by atoms with Gasteiger partial charge in [0.15, 0.2) is 0 Å². The number of hydrogen-bond donors (Lipinski definition) is 1. The predicted octanol–water partition coefficient (Wildman–Crippen LogP) is 3.06. The standard InChI is InChI=1S/C12H7F5N2O2/c13-11(14)21-7-3-1-6(2-4-7)9-5-8(12(15,16)17)10(20)19-18-9/h1-5,11H,(H,19,20). The molecule has 112 valence electrons. The lowest BCUT2D eigenvalue weighted by Crippen LogP contribution is -2.22. The maximum absolute atomic E-state index is 12.6. The van der Waals surface area contributed by atoms with Crippen molar-refractivity contribution in [2.45, 2.75) is 12.8 Å².